The molecule has 9 heteroatoms. The fourth-order valence-electron chi connectivity index (χ4n) is 4.16. The number of nitrogen functional groups attached to an aromatic ring is 1. The van der Waals surface area contributed by atoms with Crippen molar-refractivity contribution in [2.75, 3.05) is 11.9 Å². The molecule has 4 rings (SSSR count). The molecule has 42 heavy (non-hydrogen) atoms. The van der Waals surface area contributed by atoms with E-state index in [1.54, 1.807) is 55.5 Å². The molecule has 0 aliphatic heterocycles. The summed E-state index contributed by atoms with van der Waals surface area (Å²) in [4.78, 5) is 44.3. The third kappa shape index (κ3) is 7.45. The second-order valence-electron chi connectivity index (χ2n) is 10.2. The van der Waals surface area contributed by atoms with Gasteiger partial charge in [0.15, 0.2) is 0 Å². The third-order valence-corrected chi connectivity index (χ3v) is 6.38. The number of nitrogens with one attached hydrogen (secondary N) is 3. The van der Waals surface area contributed by atoms with Crippen molar-refractivity contribution in [2.45, 2.75) is 27.4 Å². The van der Waals surface area contributed by atoms with Crippen LogP contribution in [-0.4, -0.2) is 35.1 Å². The van der Waals surface area contributed by atoms with Gasteiger partial charge >= 0.3 is 5.97 Å². The molecule has 0 spiro atoms. The van der Waals surface area contributed by atoms with Crippen molar-refractivity contribution in [1.82, 2.24) is 10.3 Å². The van der Waals surface area contributed by atoms with Gasteiger partial charge in [-0.25, -0.2) is 9.78 Å². The molecule has 214 valence electrons. The quantitative estimate of drug-likeness (QED) is 0.116. The van der Waals surface area contributed by atoms with Crippen molar-refractivity contribution >= 4 is 29.3 Å². The number of benzene rings is 3. The molecule has 0 radical (unpaired) electrons. The summed E-state index contributed by atoms with van der Waals surface area (Å²) in [5.74, 6) is -1.28. The largest absolute Gasteiger partial charge is 0.457 e. The van der Waals surface area contributed by atoms with Crippen LogP contribution in [0.3, 0.4) is 0 Å². The molecule has 0 aliphatic carbocycles. The summed E-state index contributed by atoms with van der Waals surface area (Å²) in [5.41, 5.74) is 9.29. The van der Waals surface area contributed by atoms with Crippen LogP contribution in [0.25, 0.3) is 11.1 Å². The number of anilines is 1. The summed E-state index contributed by atoms with van der Waals surface area (Å²) in [6.07, 6.45) is 0. The highest BCUT2D eigenvalue weighted by atomic mass is 16.5. The number of amidine groups is 1. The van der Waals surface area contributed by atoms with Crippen molar-refractivity contribution in [3.63, 3.8) is 0 Å². The van der Waals surface area contributed by atoms with Crippen LogP contribution in [0, 0.1) is 18.3 Å². The molecule has 2 amide bonds. The van der Waals surface area contributed by atoms with Crippen molar-refractivity contribution in [1.29, 1.82) is 5.41 Å². The number of hydrogen-bond acceptors (Lipinski definition) is 6. The zero-order valence-corrected chi connectivity index (χ0v) is 23.7. The predicted molar refractivity (Wildman–Crippen MR) is 163 cm³/mol. The smallest absolute Gasteiger partial charge is 0.339 e. The summed E-state index contributed by atoms with van der Waals surface area (Å²) in [7, 11) is 0. The highest BCUT2D eigenvalue weighted by molar-refractivity contribution is 6.10. The second-order valence-corrected chi connectivity index (χ2v) is 10.2. The van der Waals surface area contributed by atoms with E-state index in [-0.39, 0.29) is 35.5 Å². The number of esters is 1. The Bertz CT molecular complexity index is 1620. The van der Waals surface area contributed by atoms with E-state index in [0.717, 1.165) is 5.56 Å². The van der Waals surface area contributed by atoms with Crippen LogP contribution in [0.2, 0.25) is 0 Å². The molecule has 9 nitrogen and oxygen atoms in total. The number of aromatic nitrogens is 1. The lowest BCUT2D eigenvalue weighted by Crippen LogP contribution is -2.27. The molecule has 1 heterocycles. The maximum absolute atomic E-state index is 13.5. The fourth-order valence-corrected chi connectivity index (χ4v) is 4.16. The monoisotopic (exact) mass is 563 g/mol. The summed E-state index contributed by atoms with van der Waals surface area (Å²) in [6, 6.07) is 24.0. The van der Waals surface area contributed by atoms with Gasteiger partial charge in [0.2, 0.25) is 0 Å². The Kier molecular flexibility index (Phi) is 9.44. The fraction of sp³-hybridized carbons (Fsp3) is 0.182. The molecule has 1 aromatic heterocycles. The average Bonchev–Trinajstić information content (AvgIpc) is 2.99. The first-order chi connectivity index (χ1) is 20.1. The Morgan fingerprint density at radius 1 is 0.881 bits per heavy atom. The number of aryl methyl sites for hydroxylation is 1. The lowest BCUT2D eigenvalue weighted by atomic mass is 9.95. The van der Waals surface area contributed by atoms with Gasteiger partial charge in [-0.2, -0.15) is 0 Å². The molecule has 0 fully saturated rings. The van der Waals surface area contributed by atoms with Crippen LogP contribution in [0.15, 0.2) is 84.9 Å². The topological polar surface area (TPSA) is 147 Å². The Morgan fingerprint density at radius 3 is 2.21 bits per heavy atom. The minimum atomic E-state index is -0.640. The van der Waals surface area contributed by atoms with Crippen LogP contribution in [0.5, 0.6) is 0 Å². The summed E-state index contributed by atoms with van der Waals surface area (Å²) >= 11 is 0. The summed E-state index contributed by atoms with van der Waals surface area (Å²) in [6.45, 7) is 6.26. The number of carbonyl (C=O) groups is 3. The number of ether oxygens (including phenoxy) is 1. The number of nitrogens with zero attached hydrogens (tertiary/aromatic N) is 1. The van der Waals surface area contributed by atoms with Crippen molar-refractivity contribution in [2.24, 2.45) is 11.7 Å². The number of nitrogens with two attached hydrogens (primary N) is 1. The zero-order chi connectivity index (χ0) is 30.2. The van der Waals surface area contributed by atoms with Crippen LogP contribution in [0.1, 0.15) is 61.9 Å². The molecule has 5 N–H and O–H groups in total. The maximum atomic E-state index is 13.5. The molecule has 3 aromatic carbocycles. The van der Waals surface area contributed by atoms with Gasteiger partial charge in [0.25, 0.3) is 11.8 Å². The van der Waals surface area contributed by atoms with E-state index in [1.165, 1.54) is 6.07 Å². The normalized spacial score (nSPS) is 10.7. The summed E-state index contributed by atoms with van der Waals surface area (Å²) in [5, 5.41) is 13.3. The first kappa shape index (κ1) is 29.7. The van der Waals surface area contributed by atoms with Crippen LogP contribution < -0.4 is 16.4 Å². The van der Waals surface area contributed by atoms with Gasteiger partial charge in [0.05, 0.1) is 5.56 Å². The minimum absolute atomic E-state index is 0.0403. The highest BCUT2D eigenvalue weighted by Gasteiger charge is 2.23. The lowest BCUT2D eigenvalue weighted by Gasteiger charge is -2.16. The Labute approximate surface area is 244 Å². The molecule has 4 aromatic rings. The van der Waals surface area contributed by atoms with E-state index in [4.69, 9.17) is 15.9 Å². The van der Waals surface area contributed by atoms with E-state index in [2.05, 4.69) is 15.6 Å². The number of hydrogen-bond donors (Lipinski definition) is 4. The van der Waals surface area contributed by atoms with Crippen molar-refractivity contribution < 1.29 is 19.1 Å². The highest BCUT2D eigenvalue weighted by Crippen LogP contribution is 2.29. The van der Waals surface area contributed by atoms with E-state index >= 15 is 0 Å². The molecule has 0 atom stereocenters. The number of carbonyl (C=O) groups excluding carboxylic acids is 3. The molecular formula is C33H33N5O4. The van der Waals surface area contributed by atoms with Gasteiger partial charge in [0, 0.05) is 34.6 Å². The lowest BCUT2D eigenvalue weighted by molar-refractivity contribution is 0.0473. The molecule has 0 bridgehead atoms. The van der Waals surface area contributed by atoms with Gasteiger partial charge in [-0.15, -0.1) is 0 Å². The van der Waals surface area contributed by atoms with Gasteiger partial charge in [-0.05, 0) is 66.4 Å². The Balaban J connectivity index is 1.72. The number of rotatable bonds is 10. The van der Waals surface area contributed by atoms with Crippen LogP contribution >= 0.6 is 0 Å². The van der Waals surface area contributed by atoms with E-state index in [0.29, 0.717) is 40.2 Å². The Morgan fingerprint density at radius 2 is 1.55 bits per heavy atom. The van der Waals surface area contributed by atoms with E-state index in [9.17, 15) is 14.4 Å². The van der Waals surface area contributed by atoms with E-state index in [1.807, 2.05) is 44.2 Å². The van der Waals surface area contributed by atoms with Crippen molar-refractivity contribution in [3.8, 4) is 11.1 Å². The standard InChI is InChI=1S/C33H33N5O4/c1-20(2)18-36-31(39)24-12-16-26(28(17-24)33(41)42-19-22-7-5-4-6-8-22)27-15-9-21(3)37-29(27)32(40)38-25-13-10-23(11-14-25)30(34)35/h4-17,20H,18-19H2,1-3H3,(H3,34,35)(H,36,39)(H,38,40). The summed E-state index contributed by atoms with van der Waals surface area (Å²) < 4.78 is 5.64. The molecular weight excluding hydrogens is 530 g/mol. The van der Waals surface area contributed by atoms with Gasteiger partial charge in [0.1, 0.15) is 18.1 Å². The van der Waals surface area contributed by atoms with Gasteiger partial charge in [-0.1, -0.05) is 56.3 Å². The third-order valence-electron chi connectivity index (χ3n) is 6.38. The number of amides is 2. The van der Waals surface area contributed by atoms with Gasteiger partial charge in [-0.3, -0.25) is 15.0 Å². The first-order valence-electron chi connectivity index (χ1n) is 13.5. The first-order valence-corrected chi connectivity index (χ1v) is 13.5. The van der Waals surface area contributed by atoms with Gasteiger partial charge < -0.3 is 21.1 Å². The molecule has 0 aliphatic rings. The minimum Gasteiger partial charge on any atom is -0.457 e. The van der Waals surface area contributed by atoms with E-state index < -0.39 is 11.9 Å². The van der Waals surface area contributed by atoms with Crippen LogP contribution in [0.4, 0.5) is 5.69 Å². The number of pyridine rings is 1. The molecule has 0 saturated carbocycles. The SMILES string of the molecule is Cc1ccc(-c2ccc(C(=O)NCC(C)C)cc2C(=O)OCc2ccccc2)c(C(=O)Nc2ccc(C(=N)N)cc2)n1. The second kappa shape index (κ2) is 13.4. The molecule has 0 saturated heterocycles. The Hall–Kier alpha value is -5.31. The average molecular weight is 564 g/mol. The zero-order valence-electron chi connectivity index (χ0n) is 23.7. The predicted octanol–water partition coefficient (Wildman–Crippen LogP) is 5.34. The molecule has 0 unspecified atom stereocenters. The van der Waals surface area contributed by atoms with Crippen LogP contribution in [-0.2, 0) is 11.3 Å². The van der Waals surface area contributed by atoms with Crippen molar-refractivity contribution in [3.05, 3.63) is 119 Å². The maximum Gasteiger partial charge on any atom is 0.339 e.